The summed E-state index contributed by atoms with van der Waals surface area (Å²) in [4.78, 5) is 33.7. The van der Waals surface area contributed by atoms with Gasteiger partial charge in [0.05, 0.1) is 0 Å². The highest BCUT2D eigenvalue weighted by atomic mass is 16.3. The van der Waals surface area contributed by atoms with Crippen LogP contribution in [0.1, 0.15) is 53.7 Å². The molecular weight excluding hydrogens is 380 g/mol. The van der Waals surface area contributed by atoms with Gasteiger partial charge in [-0.1, -0.05) is 24.3 Å². The predicted molar refractivity (Wildman–Crippen MR) is 110 cm³/mol. The van der Waals surface area contributed by atoms with E-state index < -0.39 is 0 Å². The molecule has 7 nitrogen and oxygen atoms in total. The number of carbonyl (C=O) groups excluding carboxylic acids is 2. The summed E-state index contributed by atoms with van der Waals surface area (Å²) in [6.07, 6.45) is 7.75. The van der Waals surface area contributed by atoms with Crippen LogP contribution in [0.4, 0.5) is 0 Å². The van der Waals surface area contributed by atoms with Crippen molar-refractivity contribution in [3.05, 3.63) is 53.7 Å². The van der Waals surface area contributed by atoms with Crippen molar-refractivity contribution < 1.29 is 14.0 Å². The van der Waals surface area contributed by atoms with Crippen LogP contribution in [-0.4, -0.2) is 51.8 Å². The van der Waals surface area contributed by atoms with E-state index in [4.69, 9.17) is 4.42 Å². The fourth-order valence-electron chi connectivity index (χ4n) is 4.82. The van der Waals surface area contributed by atoms with Crippen molar-refractivity contribution in [2.75, 3.05) is 13.1 Å². The minimum absolute atomic E-state index is 0.204. The van der Waals surface area contributed by atoms with Gasteiger partial charge < -0.3 is 14.6 Å². The Labute approximate surface area is 176 Å². The van der Waals surface area contributed by atoms with E-state index in [1.165, 1.54) is 36.6 Å². The number of carbonyl (C=O) groups is 2. The molecule has 5 rings (SSSR count). The SMILES string of the molecule is O=C(NC[C@@H]1CC[C@H](CC(=O)N2Cc3ccccc3C2)N1CC1CC1)c1cocn1. The van der Waals surface area contributed by atoms with Crippen LogP contribution in [0.3, 0.4) is 0 Å². The van der Waals surface area contributed by atoms with Crippen LogP contribution in [-0.2, 0) is 17.9 Å². The van der Waals surface area contributed by atoms with Gasteiger partial charge in [0.2, 0.25) is 5.91 Å². The van der Waals surface area contributed by atoms with Crippen molar-refractivity contribution in [3.8, 4) is 0 Å². The number of benzene rings is 1. The van der Waals surface area contributed by atoms with Gasteiger partial charge >= 0.3 is 0 Å². The molecule has 3 aliphatic rings. The zero-order valence-corrected chi connectivity index (χ0v) is 17.1. The lowest BCUT2D eigenvalue weighted by atomic mass is 10.1. The molecule has 158 valence electrons. The number of fused-ring (bicyclic) bond motifs is 1. The third-order valence-electron chi connectivity index (χ3n) is 6.70. The molecule has 1 aromatic heterocycles. The lowest BCUT2D eigenvalue weighted by Gasteiger charge is -2.31. The van der Waals surface area contributed by atoms with Crippen molar-refractivity contribution in [2.45, 2.75) is 57.3 Å². The van der Waals surface area contributed by atoms with E-state index in [9.17, 15) is 9.59 Å². The third kappa shape index (κ3) is 4.12. The molecule has 1 saturated heterocycles. The fraction of sp³-hybridized carbons (Fsp3) is 0.522. The summed E-state index contributed by atoms with van der Waals surface area (Å²) < 4.78 is 4.90. The number of nitrogens with zero attached hydrogens (tertiary/aromatic N) is 3. The number of likely N-dealkylation sites (tertiary alicyclic amines) is 1. The topological polar surface area (TPSA) is 78.7 Å². The Balaban J connectivity index is 1.19. The van der Waals surface area contributed by atoms with Crippen molar-refractivity contribution in [1.29, 1.82) is 0 Å². The Morgan fingerprint density at radius 3 is 2.47 bits per heavy atom. The largest absolute Gasteiger partial charge is 0.451 e. The lowest BCUT2D eigenvalue weighted by molar-refractivity contribution is -0.133. The molecular formula is C23H28N4O3. The maximum atomic E-state index is 13.1. The number of hydrogen-bond acceptors (Lipinski definition) is 5. The van der Waals surface area contributed by atoms with Gasteiger partial charge in [0.1, 0.15) is 6.26 Å². The van der Waals surface area contributed by atoms with E-state index in [0.717, 1.165) is 38.4 Å². The zero-order valence-electron chi connectivity index (χ0n) is 17.1. The number of nitrogens with one attached hydrogen (secondary N) is 1. The first-order chi connectivity index (χ1) is 14.7. The van der Waals surface area contributed by atoms with E-state index >= 15 is 0 Å². The van der Waals surface area contributed by atoms with Gasteiger partial charge in [-0.3, -0.25) is 14.5 Å². The van der Waals surface area contributed by atoms with Crippen LogP contribution in [0.15, 0.2) is 41.3 Å². The quantitative estimate of drug-likeness (QED) is 0.762. The van der Waals surface area contributed by atoms with E-state index in [-0.39, 0.29) is 23.9 Å². The number of hydrogen-bond donors (Lipinski definition) is 1. The molecule has 3 heterocycles. The van der Waals surface area contributed by atoms with Gasteiger partial charge in [-0.2, -0.15) is 0 Å². The second kappa shape index (κ2) is 8.22. The van der Waals surface area contributed by atoms with Crippen molar-refractivity contribution in [2.24, 2.45) is 5.92 Å². The monoisotopic (exact) mass is 408 g/mol. The van der Waals surface area contributed by atoms with Gasteiger partial charge in [-0.05, 0) is 42.7 Å². The van der Waals surface area contributed by atoms with Gasteiger partial charge in [0.15, 0.2) is 12.1 Å². The fourth-order valence-corrected chi connectivity index (χ4v) is 4.82. The van der Waals surface area contributed by atoms with Crippen molar-refractivity contribution >= 4 is 11.8 Å². The molecule has 1 N–H and O–H groups in total. The molecule has 2 amide bonds. The van der Waals surface area contributed by atoms with Crippen LogP contribution < -0.4 is 5.32 Å². The summed E-state index contributed by atoms with van der Waals surface area (Å²) in [6, 6.07) is 8.85. The number of amides is 2. The molecule has 2 atom stereocenters. The first-order valence-electron chi connectivity index (χ1n) is 10.9. The highest BCUT2D eigenvalue weighted by Crippen LogP contribution is 2.36. The number of oxazole rings is 1. The average molecular weight is 409 g/mol. The minimum atomic E-state index is -0.204. The molecule has 7 heteroatoms. The lowest BCUT2D eigenvalue weighted by Crippen LogP contribution is -2.45. The van der Waals surface area contributed by atoms with Crippen LogP contribution in [0, 0.1) is 5.92 Å². The standard InChI is InChI=1S/C23H28N4O3/c28-22(26-12-17-3-1-2-4-18(17)13-26)9-19-7-8-20(27(19)11-16-5-6-16)10-24-23(29)21-14-30-15-25-21/h1-4,14-16,19-20H,5-13H2,(H,24,29)/t19-,20+/m1/s1. The summed E-state index contributed by atoms with van der Waals surface area (Å²) in [5.41, 5.74) is 2.84. The predicted octanol–water partition coefficient (Wildman–Crippen LogP) is 2.58. The second-order valence-electron chi connectivity index (χ2n) is 8.83. The molecule has 0 spiro atoms. The summed E-state index contributed by atoms with van der Waals surface area (Å²) in [6.45, 7) is 3.06. The molecule has 0 radical (unpaired) electrons. The van der Waals surface area contributed by atoms with Crippen molar-refractivity contribution in [1.82, 2.24) is 20.1 Å². The van der Waals surface area contributed by atoms with E-state index in [2.05, 4.69) is 27.3 Å². The molecule has 1 aromatic carbocycles. The highest BCUT2D eigenvalue weighted by Gasteiger charge is 2.39. The molecule has 1 saturated carbocycles. The molecule has 2 aromatic rings. The summed E-state index contributed by atoms with van der Waals surface area (Å²) in [5, 5.41) is 2.99. The summed E-state index contributed by atoms with van der Waals surface area (Å²) >= 11 is 0. The Morgan fingerprint density at radius 2 is 1.80 bits per heavy atom. The van der Waals surface area contributed by atoms with Crippen LogP contribution in [0.25, 0.3) is 0 Å². The summed E-state index contributed by atoms with van der Waals surface area (Å²) in [7, 11) is 0. The third-order valence-corrected chi connectivity index (χ3v) is 6.70. The van der Waals surface area contributed by atoms with Gasteiger partial charge in [0, 0.05) is 44.7 Å². The van der Waals surface area contributed by atoms with Gasteiger partial charge in [-0.15, -0.1) is 0 Å². The Hall–Kier alpha value is -2.67. The van der Waals surface area contributed by atoms with Crippen molar-refractivity contribution in [3.63, 3.8) is 0 Å². The number of rotatable bonds is 7. The Kier molecular flexibility index (Phi) is 5.29. The Morgan fingerprint density at radius 1 is 1.07 bits per heavy atom. The number of aromatic nitrogens is 1. The molecule has 1 aliphatic carbocycles. The smallest absolute Gasteiger partial charge is 0.273 e. The minimum Gasteiger partial charge on any atom is -0.451 e. The van der Waals surface area contributed by atoms with Gasteiger partial charge in [0.25, 0.3) is 5.91 Å². The van der Waals surface area contributed by atoms with Crippen LogP contribution >= 0.6 is 0 Å². The van der Waals surface area contributed by atoms with Crippen LogP contribution in [0.2, 0.25) is 0 Å². The maximum absolute atomic E-state index is 13.1. The second-order valence-corrected chi connectivity index (χ2v) is 8.83. The van der Waals surface area contributed by atoms with Crippen LogP contribution in [0.5, 0.6) is 0 Å². The van der Waals surface area contributed by atoms with E-state index in [1.54, 1.807) is 0 Å². The molecule has 0 bridgehead atoms. The molecule has 2 aliphatic heterocycles. The van der Waals surface area contributed by atoms with E-state index in [1.807, 2.05) is 17.0 Å². The average Bonchev–Trinajstić information content (AvgIpc) is 3.13. The summed E-state index contributed by atoms with van der Waals surface area (Å²) in [5.74, 6) is 0.777. The normalized spacial score (nSPS) is 23.5. The zero-order chi connectivity index (χ0) is 20.5. The Bertz CT molecular complexity index is 884. The maximum Gasteiger partial charge on any atom is 0.273 e. The first kappa shape index (κ1) is 19.3. The van der Waals surface area contributed by atoms with E-state index in [0.29, 0.717) is 18.7 Å². The molecule has 2 fully saturated rings. The van der Waals surface area contributed by atoms with Gasteiger partial charge in [-0.25, -0.2) is 4.98 Å². The first-order valence-corrected chi connectivity index (χ1v) is 10.9. The highest BCUT2D eigenvalue weighted by molar-refractivity contribution is 5.91. The molecule has 30 heavy (non-hydrogen) atoms. The molecule has 0 unspecified atom stereocenters.